The third kappa shape index (κ3) is 2.98. The number of carbonyl (C=O) groups is 1. The highest BCUT2D eigenvalue weighted by Gasteiger charge is 2.33. The second-order valence-electron chi connectivity index (χ2n) is 4.47. The van der Waals surface area contributed by atoms with Crippen molar-refractivity contribution in [1.29, 1.82) is 5.26 Å². The number of nitrogens with zero attached hydrogens (tertiary/aromatic N) is 3. The summed E-state index contributed by atoms with van der Waals surface area (Å²) in [5.41, 5.74) is 4.14. The van der Waals surface area contributed by atoms with Crippen LogP contribution in [0.1, 0.15) is 28.5 Å². The summed E-state index contributed by atoms with van der Waals surface area (Å²) in [6.45, 7) is 1.18. The van der Waals surface area contributed by atoms with Gasteiger partial charge in [-0.25, -0.2) is 4.68 Å². The average molecular weight is 363 g/mol. The largest absolute Gasteiger partial charge is 0.416 e. The Morgan fingerprint density at radius 1 is 1.35 bits per heavy atom. The minimum atomic E-state index is -4.64. The lowest BCUT2D eigenvalue weighted by Gasteiger charge is -2.13. The van der Waals surface area contributed by atoms with E-state index in [1.807, 2.05) is 0 Å². The highest BCUT2D eigenvalue weighted by molar-refractivity contribution is 6.38. The van der Waals surface area contributed by atoms with Gasteiger partial charge < -0.3 is 5.73 Å². The maximum atomic E-state index is 12.7. The van der Waals surface area contributed by atoms with E-state index in [2.05, 4.69) is 5.10 Å². The van der Waals surface area contributed by atoms with Gasteiger partial charge in [0, 0.05) is 0 Å². The van der Waals surface area contributed by atoms with Crippen LogP contribution in [-0.2, 0) is 6.18 Å². The van der Waals surface area contributed by atoms with E-state index >= 15 is 0 Å². The number of halogens is 5. The fourth-order valence-electron chi connectivity index (χ4n) is 1.96. The van der Waals surface area contributed by atoms with Gasteiger partial charge in [-0.3, -0.25) is 4.79 Å². The van der Waals surface area contributed by atoms with Crippen molar-refractivity contribution in [3.05, 3.63) is 39.0 Å². The summed E-state index contributed by atoms with van der Waals surface area (Å²) in [5.74, 6) is -0.762. The summed E-state index contributed by atoms with van der Waals surface area (Å²) in [5, 5.41) is 12.0. The van der Waals surface area contributed by atoms with Gasteiger partial charge in [-0.15, -0.1) is 0 Å². The first-order valence-corrected chi connectivity index (χ1v) is 6.69. The number of aromatic nitrogens is 2. The molecule has 0 aliphatic carbocycles. The molecule has 0 bridgehead atoms. The summed E-state index contributed by atoms with van der Waals surface area (Å²) < 4.78 is 39.1. The van der Waals surface area contributed by atoms with Gasteiger partial charge in [0.25, 0.3) is 0 Å². The molecule has 0 saturated carbocycles. The minimum Gasteiger partial charge on any atom is -0.383 e. The van der Waals surface area contributed by atoms with Crippen LogP contribution in [0.5, 0.6) is 0 Å². The zero-order valence-electron chi connectivity index (χ0n) is 11.4. The highest BCUT2D eigenvalue weighted by atomic mass is 35.5. The molecule has 10 heteroatoms. The van der Waals surface area contributed by atoms with Crippen molar-refractivity contribution in [1.82, 2.24) is 9.78 Å². The summed E-state index contributed by atoms with van der Waals surface area (Å²) in [6.07, 6.45) is -4.64. The van der Waals surface area contributed by atoms with Crippen LogP contribution in [-0.4, -0.2) is 15.6 Å². The number of alkyl halides is 3. The lowest BCUT2D eigenvalue weighted by Crippen LogP contribution is -2.09. The molecular formula is C13H7Cl2F3N4O. The fraction of sp³-hybridized carbons (Fsp3) is 0.154. The van der Waals surface area contributed by atoms with Gasteiger partial charge in [-0.1, -0.05) is 23.2 Å². The zero-order chi connectivity index (χ0) is 17.5. The Kier molecular flexibility index (Phi) is 4.28. The number of hydrogen-bond donors (Lipinski definition) is 1. The van der Waals surface area contributed by atoms with Gasteiger partial charge in [0.05, 0.1) is 21.2 Å². The van der Waals surface area contributed by atoms with Crippen LogP contribution >= 0.6 is 23.2 Å². The molecule has 2 rings (SSSR count). The predicted octanol–water partition coefficient (Wildman–Crippen LogP) is 3.85. The lowest BCUT2D eigenvalue weighted by molar-refractivity contribution is -0.137. The fourth-order valence-corrected chi connectivity index (χ4v) is 2.61. The third-order valence-electron chi connectivity index (χ3n) is 2.94. The Labute approximate surface area is 138 Å². The molecule has 0 radical (unpaired) electrons. The Hall–Kier alpha value is -2.24. The molecule has 0 spiro atoms. The van der Waals surface area contributed by atoms with E-state index in [-0.39, 0.29) is 32.8 Å². The number of nitrogen functional groups attached to an aromatic ring is 1. The lowest BCUT2D eigenvalue weighted by atomic mass is 10.1. The van der Waals surface area contributed by atoms with E-state index in [0.29, 0.717) is 12.1 Å². The third-order valence-corrected chi connectivity index (χ3v) is 3.51. The van der Waals surface area contributed by atoms with Crippen LogP contribution in [0.15, 0.2) is 12.1 Å². The normalized spacial score (nSPS) is 11.3. The Morgan fingerprint density at radius 3 is 2.22 bits per heavy atom. The second-order valence-corrected chi connectivity index (χ2v) is 5.29. The van der Waals surface area contributed by atoms with Gasteiger partial charge >= 0.3 is 6.18 Å². The number of benzene rings is 1. The Balaban J connectivity index is 2.74. The first-order chi connectivity index (χ1) is 10.6. The van der Waals surface area contributed by atoms with E-state index in [0.717, 1.165) is 4.68 Å². The summed E-state index contributed by atoms with van der Waals surface area (Å²) in [7, 11) is 0. The molecule has 120 valence electrons. The zero-order valence-corrected chi connectivity index (χ0v) is 12.9. The number of anilines is 1. The molecule has 1 aromatic heterocycles. The molecule has 1 heterocycles. The number of carbonyl (C=O) groups excluding carboxylic acids is 1. The summed E-state index contributed by atoms with van der Waals surface area (Å²) >= 11 is 11.7. The smallest absolute Gasteiger partial charge is 0.383 e. The maximum absolute atomic E-state index is 12.7. The molecule has 1 aromatic carbocycles. The van der Waals surface area contributed by atoms with E-state index in [1.165, 1.54) is 6.92 Å². The van der Waals surface area contributed by atoms with E-state index < -0.39 is 17.5 Å². The van der Waals surface area contributed by atoms with Crippen molar-refractivity contribution < 1.29 is 18.0 Å². The van der Waals surface area contributed by atoms with Crippen molar-refractivity contribution in [3.63, 3.8) is 0 Å². The van der Waals surface area contributed by atoms with Crippen LogP contribution in [0.3, 0.4) is 0 Å². The number of ketones is 1. The quantitative estimate of drug-likeness (QED) is 0.822. The number of rotatable bonds is 2. The molecule has 0 atom stereocenters. The second kappa shape index (κ2) is 5.76. The molecule has 23 heavy (non-hydrogen) atoms. The Bertz CT molecular complexity index is 829. The standard InChI is InChI=1S/C13H7Cl2F3N4O/c1-5(23)10-9(4-19)21-22(12(10)20)11-7(14)2-6(3-8(11)15)13(16,17)18/h2-3H,20H2,1H3. The van der Waals surface area contributed by atoms with E-state index in [9.17, 15) is 18.0 Å². The van der Waals surface area contributed by atoms with Gasteiger partial charge in [-0.05, 0) is 19.1 Å². The molecule has 2 N–H and O–H groups in total. The van der Waals surface area contributed by atoms with Gasteiger partial charge in [-0.2, -0.15) is 23.5 Å². The van der Waals surface area contributed by atoms with Crippen molar-refractivity contribution >= 4 is 34.8 Å². The first-order valence-electron chi connectivity index (χ1n) is 5.94. The summed E-state index contributed by atoms with van der Waals surface area (Å²) in [4.78, 5) is 11.5. The predicted molar refractivity (Wildman–Crippen MR) is 77.7 cm³/mol. The maximum Gasteiger partial charge on any atom is 0.416 e. The molecule has 0 unspecified atom stereocenters. The molecule has 2 aromatic rings. The Morgan fingerprint density at radius 2 is 1.87 bits per heavy atom. The van der Waals surface area contributed by atoms with Gasteiger partial charge in [0.15, 0.2) is 11.5 Å². The van der Waals surface area contributed by atoms with Crippen LogP contribution in [0.4, 0.5) is 19.0 Å². The number of Topliss-reactive ketones (excluding diaryl/α,β-unsaturated/α-hetero) is 1. The summed E-state index contributed by atoms with van der Waals surface area (Å²) in [6, 6.07) is 3.00. The van der Waals surface area contributed by atoms with E-state index in [4.69, 9.17) is 34.2 Å². The minimum absolute atomic E-state index is 0.150. The topological polar surface area (TPSA) is 84.7 Å². The SMILES string of the molecule is CC(=O)c1c(C#N)nn(-c2c(Cl)cc(C(F)(F)F)cc2Cl)c1N. The van der Waals surface area contributed by atoms with Gasteiger partial charge in [0.2, 0.25) is 0 Å². The number of nitrogens with two attached hydrogens (primary N) is 1. The van der Waals surface area contributed by atoms with Crippen LogP contribution < -0.4 is 5.73 Å². The first kappa shape index (κ1) is 17.1. The number of nitriles is 1. The molecule has 0 aliphatic rings. The van der Waals surface area contributed by atoms with Crippen LogP contribution in [0, 0.1) is 11.3 Å². The van der Waals surface area contributed by atoms with Crippen molar-refractivity contribution in [2.75, 3.05) is 5.73 Å². The molecular weight excluding hydrogens is 356 g/mol. The average Bonchev–Trinajstić information content (AvgIpc) is 2.74. The highest BCUT2D eigenvalue weighted by Crippen LogP contribution is 2.38. The monoisotopic (exact) mass is 362 g/mol. The van der Waals surface area contributed by atoms with Crippen LogP contribution in [0.2, 0.25) is 10.0 Å². The van der Waals surface area contributed by atoms with E-state index in [1.54, 1.807) is 6.07 Å². The van der Waals surface area contributed by atoms with Crippen molar-refractivity contribution in [3.8, 4) is 11.8 Å². The number of hydrogen-bond acceptors (Lipinski definition) is 4. The molecule has 0 aliphatic heterocycles. The molecule has 5 nitrogen and oxygen atoms in total. The van der Waals surface area contributed by atoms with Crippen LogP contribution in [0.25, 0.3) is 5.69 Å². The van der Waals surface area contributed by atoms with Crippen molar-refractivity contribution in [2.45, 2.75) is 13.1 Å². The van der Waals surface area contributed by atoms with Gasteiger partial charge in [0.1, 0.15) is 17.6 Å². The molecule has 0 fully saturated rings. The molecule has 0 saturated heterocycles. The molecule has 0 amide bonds. The van der Waals surface area contributed by atoms with Crippen molar-refractivity contribution in [2.24, 2.45) is 0 Å².